The van der Waals surface area contributed by atoms with Gasteiger partial charge in [0.25, 0.3) is 0 Å². The Morgan fingerprint density at radius 1 is 0.826 bits per heavy atom. The van der Waals surface area contributed by atoms with Crippen LogP contribution in [0, 0.1) is 17.8 Å². The highest BCUT2D eigenvalue weighted by atomic mass is 16.6. The molecule has 2 nitrogen and oxygen atoms in total. The van der Waals surface area contributed by atoms with Gasteiger partial charge in [-0.2, -0.15) is 0 Å². The predicted octanol–water partition coefficient (Wildman–Crippen LogP) is 5.55. The van der Waals surface area contributed by atoms with Crippen molar-refractivity contribution in [3.05, 3.63) is 30.3 Å². The van der Waals surface area contributed by atoms with Gasteiger partial charge in [0.1, 0.15) is 5.75 Å². The topological polar surface area (TPSA) is 29.5 Å². The molecule has 2 aliphatic carbocycles. The third-order valence-corrected chi connectivity index (χ3v) is 6.00. The highest BCUT2D eigenvalue weighted by molar-refractivity contribution is 5.21. The lowest BCUT2D eigenvalue weighted by Crippen LogP contribution is -2.32. The largest absolute Gasteiger partial charge is 0.465 e. The minimum Gasteiger partial charge on any atom is -0.465 e. The number of ether oxygens (including phenoxy) is 1. The molecule has 2 heteroatoms. The van der Waals surface area contributed by atoms with Gasteiger partial charge in [-0.1, -0.05) is 82.4 Å². The van der Waals surface area contributed by atoms with E-state index in [1.807, 2.05) is 30.3 Å². The number of hydrogen-bond acceptors (Lipinski definition) is 2. The Morgan fingerprint density at radius 2 is 1.35 bits per heavy atom. The molecular weight excluding hydrogens is 284 g/mol. The molecule has 1 aromatic rings. The lowest BCUT2D eigenvalue weighted by Gasteiger charge is -2.38. The monoisotopic (exact) mass is 316 g/mol. The van der Waals surface area contributed by atoms with Crippen molar-refractivity contribution in [3.8, 4) is 5.75 Å². The van der Waals surface area contributed by atoms with E-state index in [1.165, 1.54) is 64.2 Å². The number of para-hydroxylation sites is 1. The van der Waals surface area contributed by atoms with Gasteiger partial charge in [0.15, 0.2) is 6.29 Å². The molecule has 0 spiro atoms. The van der Waals surface area contributed by atoms with Crippen LogP contribution < -0.4 is 4.74 Å². The van der Waals surface area contributed by atoms with E-state index < -0.39 is 6.29 Å². The fraction of sp³-hybridized carbons (Fsp3) is 0.714. The Bertz CT molecular complexity index is 414. The van der Waals surface area contributed by atoms with Gasteiger partial charge in [-0.05, 0) is 29.9 Å². The van der Waals surface area contributed by atoms with Crippen molar-refractivity contribution < 1.29 is 9.84 Å². The van der Waals surface area contributed by atoms with Crippen molar-refractivity contribution in [3.63, 3.8) is 0 Å². The fourth-order valence-electron chi connectivity index (χ4n) is 4.83. The van der Waals surface area contributed by atoms with E-state index in [2.05, 4.69) is 0 Å². The first-order valence-corrected chi connectivity index (χ1v) is 9.72. The first-order valence-electron chi connectivity index (χ1n) is 9.72. The minimum atomic E-state index is -0.661. The van der Waals surface area contributed by atoms with Gasteiger partial charge in [-0.15, -0.1) is 0 Å². The zero-order valence-corrected chi connectivity index (χ0v) is 14.3. The molecule has 0 aliphatic heterocycles. The molecule has 128 valence electrons. The van der Waals surface area contributed by atoms with Crippen LogP contribution in [0.15, 0.2) is 30.3 Å². The second-order valence-corrected chi connectivity index (χ2v) is 7.58. The minimum absolute atomic E-state index is 0.648. The van der Waals surface area contributed by atoms with Crippen LogP contribution in [0.25, 0.3) is 0 Å². The van der Waals surface area contributed by atoms with Crippen molar-refractivity contribution in [2.45, 2.75) is 76.9 Å². The second kappa shape index (κ2) is 8.73. The third-order valence-electron chi connectivity index (χ3n) is 6.00. The van der Waals surface area contributed by atoms with Crippen LogP contribution in [-0.2, 0) is 0 Å². The Labute approximate surface area is 141 Å². The Balaban J connectivity index is 1.62. The van der Waals surface area contributed by atoms with Gasteiger partial charge in [0.2, 0.25) is 0 Å². The van der Waals surface area contributed by atoms with E-state index in [4.69, 9.17) is 4.74 Å². The molecule has 0 saturated heterocycles. The van der Waals surface area contributed by atoms with Crippen LogP contribution in [0.3, 0.4) is 0 Å². The SMILES string of the molecule is OC(CC(C1CCCCC1)C1CCCCC1)Oc1ccccc1. The van der Waals surface area contributed by atoms with E-state index >= 15 is 0 Å². The van der Waals surface area contributed by atoms with Gasteiger partial charge in [0.05, 0.1) is 0 Å². The Kier molecular flexibility index (Phi) is 6.38. The number of benzene rings is 1. The summed E-state index contributed by atoms with van der Waals surface area (Å²) in [6, 6.07) is 9.76. The van der Waals surface area contributed by atoms with Gasteiger partial charge in [-0.3, -0.25) is 0 Å². The van der Waals surface area contributed by atoms with Gasteiger partial charge < -0.3 is 9.84 Å². The molecule has 2 saturated carbocycles. The lowest BCUT2D eigenvalue weighted by atomic mass is 9.68. The van der Waals surface area contributed by atoms with Crippen LogP contribution >= 0.6 is 0 Å². The maximum Gasteiger partial charge on any atom is 0.197 e. The zero-order chi connectivity index (χ0) is 15.9. The van der Waals surface area contributed by atoms with Crippen LogP contribution in [0.4, 0.5) is 0 Å². The van der Waals surface area contributed by atoms with E-state index in [9.17, 15) is 5.11 Å². The first-order chi connectivity index (χ1) is 11.3. The van der Waals surface area contributed by atoms with E-state index in [1.54, 1.807) is 0 Å². The normalized spacial score (nSPS) is 22.2. The summed E-state index contributed by atoms with van der Waals surface area (Å²) in [6.45, 7) is 0. The third kappa shape index (κ3) is 4.97. The second-order valence-electron chi connectivity index (χ2n) is 7.58. The molecule has 0 bridgehead atoms. The van der Waals surface area contributed by atoms with Gasteiger partial charge in [0, 0.05) is 6.42 Å². The number of hydrogen-bond donors (Lipinski definition) is 1. The Morgan fingerprint density at radius 3 is 1.87 bits per heavy atom. The molecular formula is C21H32O2. The van der Waals surface area contributed by atoms with Crippen molar-refractivity contribution in [1.82, 2.24) is 0 Å². The molecule has 0 radical (unpaired) electrons. The molecule has 1 atom stereocenters. The highest BCUT2D eigenvalue weighted by Crippen LogP contribution is 2.42. The van der Waals surface area contributed by atoms with Crippen molar-refractivity contribution in [2.24, 2.45) is 17.8 Å². The number of aliphatic hydroxyl groups is 1. The maximum absolute atomic E-state index is 10.5. The molecule has 0 amide bonds. The van der Waals surface area contributed by atoms with E-state index in [-0.39, 0.29) is 0 Å². The Hall–Kier alpha value is -1.02. The molecule has 3 rings (SSSR count). The van der Waals surface area contributed by atoms with Gasteiger partial charge >= 0.3 is 0 Å². The number of rotatable bonds is 6. The molecule has 2 fully saturated rings. The summed E-state index contributed by atoms with van der Waals surface area (Å²) in [7, 11) is 0. The molecule has 0 aromatic heterocycles. The predicted molar refractivity (Wildman–Crippen MR) is 94.3 cm³/mol. The summed E-state index contributed by atoms with van der Waals surface area (Å²) in [5.41, 5.74) is 0. The number of aliphatic hydroxyl groups excluding tert-OH is 1. The highest BCUT2D eigenvalue weighted by Gasteiger charge is 2.33. The molecule has 1 unspecified atom stereocenters. The summed E-state index contributed by atoms with van der Waals surface area (Å²) < 4.78 is 5.78. The fourth-order valence-corrected chi connectivity index (χ4v) is 4.83. The van der Waals surface area contributed by atoms with Crippen LogP contribution in [0.5, 0.6) is 5.75 Å². The van der Waals surface area contributed by atoms with Gasteiger partial charge in [-0.25, -0.2) is 0 Å². The molecule has 1 aromatic carbocycles. The van der Waals surface area contributed by atoms with Crippen molar-refractivity contribution in [2.75, 3.05) is 0 Å². The average Bonchev–Trinajstić information content (AvgIpc) is 2.62. The van der Waals surface area contributed by atoms with Crippen LogP contribution in [-0.4, -0.2) is 11.4 Å². The molecule has 1 N–H and O–H groups in total. The average molecular weight is 316 g/mol. The smallest absolute Gasteiger partial charge is 0.197 e. The quantitative estimate of drug-likeness (QED) is 0.697. The van der Waals surface area contributed by atoms with Crippen molar-refractivity contribution in [1.29, 1.82) is 0 Å². The molecule has 2 aliphatic rings. The first kappa shape index (κ1) is 16.8. The summed E-state index contributed by atoms with van der Waals surface area (Å²) in [6.07, 6.45) is 13.9. The molecule has 23 heavy (non-hydrogen) atoms. The zero-order valence-electron chi connectivity index (χ0n) is 14.3. The summed E-state index contributed by atoms with van der Waals surface area (Å²) >= 11 is 0. The standard InChI is InChI=1S/C21H32O2/c22-21(23-19-14-8-3-9-15-19)16-20(17-10-4-1-5-11-17)18-12-6-2-7-13-18/h3,8-9,14-15,17-18,20-22H,1-2,4-7,10-13,16H2. The molecule has 0 heterocycles. The summed E-state index contributed by atoms with van der Waals surface area (Å²) in [5, 5.41) is 10.5. The van der Waals surface area contributed by atoms with E-state index in [0.717, 1.165) is 24.0 Å². The summed E-state index contributed by atoms with van der Waals surface area (Å²) in [5.74, 6) is 3.04. The lowest BCUT2D eigenvalue weighted by molar-refractivity contribution is -0.0535. The maximum atomic E-state index is 10.5. The van der Waals surface area contributed by atoms with Crippen LogP contribution in [0.1, 0.15) is 70.6 Å². The van der Waals surface area contributed by atoms with Crippen molar-refractivity contribution >= 4 is 0 Å². The summed E-state index contributed by atoms with van der Waals surface area (Å²) in [4.78, 5) is 0. The van der Waals surface area contributed by atoms with E-state index in [0.29, 0.717) is 5.92 Å². The van der Waals surface area contributed by atoms with Crippen LogP contribution in [0.2, 0.25) is 0 Å².